The fourth-order valence-corrected chi connectivity index (χ4v) is 3.28. The van der Waals surface area contributed by atoms with Crippen molar-refractivity contribution in [1.82, 2.24) is 4.90 Å². The maximum atomic E-state index is 11.3. The maximum absolute atomic E-state index is 11.3. The summed E-state index contributed by atoms with van der Waals surface area (Å²) >= 11 is 0. The van der Waals surface area contributed by atoms with Gasteiger partial charge in [-0.1, -0.05) is 12.8 Å². The van der Waals surface area contributed by atoms with Gasteiger partial charge in [0.05, 0.1) is 12.0 Å². The lowest BCUT2D eigenvalue weighted by atomic mass is 9.82. The third-order valence-corrected chi connectivity index (χ3v) is 4.33. The number of carbonyl (C=O) groups is 1. The van der Waals surface area contributed by atoms with Gasteiger partial charge in [0, 0.05) is 26.2 Å². The molecule has 2 atom stereocenters. The Labute approximate surface area is 103 Å². The Morgan fingerprint density at radius 1 is 1.18 bits per heavy atom. The van der Waals surface area contributed by atoms with Gasteiger partial charge in [-0.2, -0.15) is 0 Å². The van der Waals surface area contributed by atoms with E-state index in [4.69, 9.17) is 4.74 Å². The Kier molecular flexibility index (Phi) is 4.40. The third kappa shape index (κ3) is 2.99. The maximum Gasteiger partial charge on any atom is 0.308 e. The van der Waals surface area contributed by atoms with Crippen molar-refractivity contribution in [3.63, 3.8) is 0 Å². The first-order valence-corrected chi connectivity index (χ1v) is 6.72. The molecule has 1 aliphatic carbocycles. The standard InChI is InChI=1S/C13H23NO3/c1-17-10-6-8-14(9-7-10)12-5-3-2-4-11(12)13(15)16/h10-12H,2-9H2,1H3,(H,15,16). The molecule has 4 nitrogen and oxygen atoms in total. The van der Waals surface area contributed by atoms with Gasteiger partial charge in [0.25, 0.3) is 0 Å². The monoisotopic (exact) mass is 241 g/mol. The van der Waals surface area contributed by atoms with E-state index in [-0.39, 0.29) is 12.0 Å². The molecule has 1 saturated carbocycles. The Bertz CT molecular complexity index is 261. The lowest BCUT2D eigenvalue weighted by Gasteiger charge is -2.41. The molecule has 4 heteroatoms. The van der Waals surface area contributed by atoms with E-state index in [2.05, 4.69) is 4.90 Å². The summed E-state index contributed by atoms with van der Waals surface area (Å²) in [6.07, 6.45) is 6.61. The minimum atomic E-state index is -0.608. The summed E-state index contributed by atoms with van der Waals surface area (Å²) in [5.41, 5.74) is 0. The number of carboxylic acid groups (broad SMARTS) is 1. The molecule has 0 aromatic rings. The molecule has 0 radical (unpaired) electrons. The Morgan fingerprint density at radius 2 is 1.82 bits per heavy atom. The van der Waals surface area contributed by atoms with Gasteiger partial charge in [-0.3, -0.25) is 9.69 Å². The van der Waals surface area contributed by atoms with E-state index >= 15 is 0 Å². The number of carboxylic acids is 1. The van der Waals surface area contributed by atoms with Crippen molar-refractivity contribution in [3.05, 3.63) is 0 Å². The molecule has 0 aromatic carbocycles. The predicted octanol–water partition coefficient (Wildman–Crippen LogP) is 1.74. The third-order valence-electron chi connectivity index (χ3n) is 4.33. The molecule has 17 heavy (non-hydrogen) atoms. The van der Waals surface area contributed by atoms with Crippen LogP contribution in [0.2, 0.25) is 0 Å². The van der Waals surface area contributed by atoms with Crippen molar-refractivity contribution in [1.29, 1.82) is 0 Å². The number of piperidine rings is 1. The van der Waals surface area contributed by atoms with Crippen LogP contribution in [0.3, 0.4) is 0 Å². The van der Waals surface area contributed by atoms with E-state index in [1.807, 2.05) is 0 Å². The van der Waals surface area contributed by atoms with Gasteiger partial charge in [0.1, 0.15) is 0 Å². The van der Waals surface area contributed by atoms with Crippen LogP contribution in [0.25, 0.3) is 0 Å². The Hall–Kier alpha value is -0.610. The molecule has 1 saturated heterocycles. The van der Waals surface area contributed by atoms with E-state index in [1.165, 1.54) is 6.42 Å². The summed E-state index contributed by atoms with van der Waals surface area (Å²) in [4.78, 5) is 13.7. The van der Waals surface area contributed by atoms with E-state index < -0.39 is 5.97 Å². The summed E-state index contributed by atoms with van der Waals surface area (Å²) in [7, 11) is 1.76. The number of hydrogen-bond acceptors (Lipinski definition) is 3. The molecule has 2 fully saturated rings. The summed E-state index contributed by atoms with van der Waals surface area (Å²) < 4.78 is 5.36. The highest BCUT2D eigenvalue weighted by Gasteiger charge is 2.36. The fourth-order valence-electron chi connectivity index (χ4n) is 3.28. The average Bonchev–Trinajstić information content (AvgIpc) is 2.39. The molecule has 1 N–H and O–H groups in total. The van der Waals surface area contributed by atoms with Gasteiger partial charge in [0.15, 0.2) is 0 Å². The van der Waals surface area contributed by atoms with Crippen LogP contribution in [0.15, 0.2) is 0 Å². The Balaban J connectivity index is 1.93. The van der Waals surface area contributed by atoms with E-state index in [0.717, 1.165) is 45.2 Å². The molecular weight excluding hydrogens is 218 g/mol. The quantitative estimate of drug-likeness (QED) is 0.817. The van der Waals surface area contributed by atoms with Crippen molar-refractivity contribution in [2.45, 2.75) is 50.7 Å². The van der Waals surface area contributed by atoms with Crippen LogP contribution in [0, 0.1) is 5.92 Å². The molecule has 0 aromatic heterocycles. The molecule has 1 aliphatic heterocycles. The van der Waals surface area contributed by atoms with Crippen LogP contribution in [0.1, 0.15) is 38.5 Å². The molecular formula is C13H23NO3. The number of rotatable bonds is 3. The first-order valence-electron chi connectivity index (χ1n) is 6.72. The molecule has 0 bridgehead atoms. The van der Waals surface area contributed by atoms with Crippen LogP contribution in [0.4, 0.5) is 0 Å². The molecule has 98 valence electrons. The topological polar surface area (TPSA) is 49.8 Å². The van der Waals surface area contributed by atoms with Gasteiger partial charge in [0.2, 0.25) is 0 Å². The van der Waals surface area contributed by atoms with Crippen molar-refractivity contribution in [3.8, 4) is 0 Å². The van der Waals surface area contributed by atoms with Crippen LogP contribution < -0.4 is 0 Å². The van der Waals surface area contributed by atoms with E-state index in [1.54, 1.807) is 7.11 Å². The SMILES string of the molecule is COC1CCN(C2CCCCC2C(=O)O)CC1. The van der Waals surface area contributed by atoms with Crippen molar-refractivity contribution >= 4 is 5.97 Å². The first-order chi connectivity index (χ1) is 8.22. The molecule has 1 heterocycles. The molecule has 2 aliphatic rings. The number of hydrogen-bond donors (Lipinski definition) is 1. The smallest absolute Gasteiger partial charge is 0.308 e. The molecule has 0 amide bonds. The highest BCUT2D eigenvalue weighted by Crippen LogP contribution is 2.30. The lowest BCUT2D eigenvalue weighted by molar-refractivity contribution is -0.146. The van der Waals surface area contributed by atoms with Crippen LogP contribution in [-0.4, -0.2) is 48.3 Å². The van der Waals surface area contributed by atoms with Crippen LogP contribution in [0.5, 0.6) is 0 Å². The van der Waals surface area contributed by atoms with Crippen molar-refractivity contribution < 1.29 is 14.6 Å². The predicted molar refractivity (Wildman–Crippen MR) is 65.0 cm³/mol. The van der Waals surface area contributed by atoms with Gasteiger partial charge < -0.3 is 9.84 Å². The second-order valence-electron chi connectivity index (χ2n) is 5.27. The second kappa shape index (κ2) is 5.83. The normalized spacial score (nSPS) is 32.5. The zero-order chi connectivity index (χ0) is 12.3. The fraction of sp³-hybridized carbons (Fsp3) is 0.923. The largest absolute Gasteiger partial charge is 0.481 e. The summed E-state index contributed by atoms with van der Waals surface area (Å²) in [5.74, 6) is -0.758. The minimum Gasteiger partial charge on any atom is -0.481 e. The average molecular weight is 241 g/mol. The van der Waals surface area contributed by atoms with Gasteiger partial charge in [-0.25, -0.2) is 0 Å². The molecule has 2 rings (SSSR count). The Morgan fingerprint density at radius 3 is 2.41 bits per heavy atom. The lowest BCUT2D eigenvalue weighted by Crippen LogP contribution is -2.49. The number of methoxy groups -OCH3 is 1. The second-order valence-corrected chi connectivity index (χ2v) is 5.27. The van der Waals surface area contributed by atoms with Crippen molar-refractivity contribution in [2.75, 3.05) is 20.2 Å². The number of aliphatic carboxylic acids is 1. The summed E-state index contributed by atoms with van der Waals surface area (Å²) in [6, 6.07) is 0.263. The van der Waals surface area contributed by atoms with E-state index in [0.29, 0.717) is 6.10 Å². The number of ether oxygens (including phenoxy) is 1. The van der Waals surface area contributed by atoms with Gasteiger partial charge in [-0.05, 0) is 25.7 Å². The molecule has 2 unspecified atom stereocenters. The first kappa shape index (κ1) is 12.8. The zero-order valence-corrected chi connectivity index (χ0v) is 10.6. The van der Waals surface area contributed by atoms with Crippen molar-refractivity contribution in [2.24, 2.45) is 5.92 Å². The van der Waals surface area contributed by atoms with Gasteiger partial charge >= 0.3 is 5.97 Å². The van der Waals surface area contributed by atoms with E-state index in [9.17, 15) is 9.90 Å². The number of nitrogens with zero attached hydrogens (tertiary/aromatic N) is 1. The highest BCUT2D eigenvalue weighted by molar-refractivity contribution is 5.71. The minimum absolute atomic E-state index is 0.150. The number of likely N-dealkylation sites (tertiary alicyclic amines) is 1. The molecule has 0 spiro atoms. The highest BCUT2D eigenvalue weighted by atomic mass is 16.5. The zero-order valence-electron chi connectivity index (χ0n) is 10.6. The summed E-state index contributed by atoms with van der Waals surface area (Å²) in [5, 5.41) is 9.29. The van der Waals surface area contributed by atoms with Gasteiger partial charge in [-0.15, -0.1) is 0 Å². The summed E-state index contributed by atoms with van der Waals surface area (Å²) in [6.45, 7) is 1.99. The van der Waals surface area contributed by atoms with Crippen LogP contribution >= 0.6 is 0 Å². The van der Waals surface area contributed by atoms with Crippen LogP contribution in [-0.2, 0) is 9.53 Å².